The number of carbonyl (C=O) groups is 2. The lowest BCUT2D eigenvalue weighted by Gasteiger charge is -1.98. The van der Waals surface area contributed by atoms with Crippen molar-refractivity contribution in [3.63, 3.8) is 0 Å². The van der Waals surface area contributed by atoms with Gasteiger partial charge in [-0.2, -0.15) is 0 Å². The van der Waals surface area contributed by atoms with Crippen LogP contribution in [0.4, 0.5) is 5.13 Å². The van der Waals surface area contributed by atoms with Crippen LogP contribution in [0.3, 0.4) is 0 Å². The highest BCUT2D eigenvalue weighted by atomic mass is 32.1. The number of ketones is 1. The molecule has 0 unspecified atom stereocenters. The van der Waals surface area contributed by atoms with Crippen LogP contribution in [-0.4, -0.2) is 16.7 Å². The fraction of sp³-hybridized carbons (Fsp3) is 0.0500. The van der Waals surface area contributed by atoms with E-state index >= 15 is 0 Å². The Labute approximate surface area is 153 Å². The van der Waals surface area contributed by atoms with Gasteiger partial charge < -0.3 is 4.42 Å². The van der Waals surface area contributed by atoms with E-state index in [1.807, 2.05) is 48.5 Å². The van der Waals surface area contributed by atoms with Gasteiger partial charge in [-0.25, -0.2) is 4.98 Å². The summed E-state index contributed by atoms with van der Waals surface area (Å²) in [6.07, 6.45) is 0. The topological polar surface area (TPSA) is 72.2 Å². The zero-order valence-electron chi connectivity index (χ0n) is 13.9. The molecular formula is C20H14N2O3S. The summed E-state index contributed by atoms with van der Waals surface area (Å²) in [7, 11) is 0. The second kappa shape index (κ2) is 6.57. The molecule has 26 heavy (non-hydrogen) atoms. The van der Waals surface area contributed by atoms with Crippen LogP contribution in [0, 0.1) is 0 Å². The molecule has 2 aromatic heterocycles. The number of Topliss-reactive ketones (excluding diaryl/α,β-unsaturated/α-hetero) is 1. The molecule has 6 heteroatoms. The van der Waals surface area contributed by atoms with Gasteiger partial charge in [-0.1, -0.05) is 59.9 Å². The van der Waals surface area contributed by atoms with Crippen LogP contribution in [-0.2, 0) is 0 Å². The molecule has 0 saturated heterocycles. The number of para-hydroxylation sites is 1. The molecule has 0 aliphatic carbocycles. The summed E-state index contributed by atoms with van der Waals surface area (Å²) in [5.41, 5.74) is 2.05. The number of amides is 1. The maximum atomic E-state index is 12.5. The molecule has 1 N–H and O–H groups in total. The van der Waals surface area contributed by atoms with Crippen LogP contribution in [0.5, 0.6) is 0 Å². The number of hydrogen-bond acceptors (Lipinski definition) is 5. The van der Waals surface area contributed by atoms with Crippen LogP contribution >= 0.6 is 11.3 Å². The number of rotatable bonds is 4. The molecule has 5 nitrogen and oxygen atoms in total. The van der Waals surface area contributed by atoms with E-state index in [2.05, 4.69) is 10.3 Å². The molecule has 2 aromatic carbocycles. The average molecular weight is 362 g/mol. The number of hydrogen-bond donors (Lipinski definition) is 1. The smallest absolute Gasteiger partial charge is 0.293 e. The van der Waals surface area contributed by atoms with Crippen molar-refractivity contribution in [2.45, 2.75) is 6.92 Å². The van der Waals surface area contributed by atoms with Gasteiger partial charge in [0.1, 0.15) is 5.58 Å². The van der Waals surface area contributed by atoms with Crippen molar-refractivity contribution in [1.29, 1.82) is 0 Å². The molecule has 4 aromatic rings. The number of benzene rings is 2. The van der Waals surface area contributed by atoms with Crippen molar-refractivity contribution in [3.8, 4) is 11.3 Å². The Balaban J connectivity index is 1.66. The van der Waals surface area contributed by atoms with Gasteiger partial charge in [0.15, 0.2) is 16.7 Å². The molecule has 4 rings (SSSR count). The minimum absolute atomic E-state index is 0.0920. The Bertz CT molecular complexity index is 1080. The number of furan rings is 1. The van der Waals surface area contributed by atoms with Gasteiger partial charge in [0.2, 0.25) is 0 Å². The first-order valence-corrected chi connectivity index (χ1v) is 8.80. The van der Waals surface area contributed by atoms with Crippen LogP contribution in [0.1, 0.15) is 27.2 Å². The van der Waals surface area contributed by atoms with Crippen LogP contribution in [0.15, 0.2) is 65.1 Å². The molecule has 128 valence electrons. The Morgan fingerprint density at radius 2 is 1.77 bits per heavy atom. The number of aromatic nitrogens is 1. The Morgan fingerprint density at radius 1 is 1.04 bits per heavy atom. The second-order valence-corrected chi connectivity index (χ2v) is 6.72. The molecule has 0 spiro atoms. The van der Waals surface area contributed by atoms with Gasteiger partial charge in [-0.05, 0) is 12.1 Å². The lowest BCUT2D eigenvalue weighted by molar-refractivity contribution is 0.0995. The van der Waals surface area contributed by atoms with Crippen molar-refractivity contribution >= 4 is 39.1 Å². The lowest BCUT2D eigenvalue weighted by Crippen LogP contribution is -2.10. The third-order valence-electron chi connectivity index (χ3n) is 3.86. The van der Waals surface area contributed by atoms with Gasteiger partial charge in [0.05, 0.1) is 10.6 Å². The second-order valence-electron chi connectivity index (χ2n) is 5.72. The number of carbonyl (C=O) groups excluding carboxylic acids is 2. The largest absolute Gasteiger partial charge is 0.451 e. The summed E-state index contributed by atoms with van der Waals surface area (Å²) in [4.78, 5) is 29.4. The number of fused-ring (bicyclic) bond motifs is 1. The number of anilines is 1. The molecule has 0 atom stereocenters. The zero-order valence-corrected chi connectivity index (χ0v) is 14.7. The first kappa shape index (κ1) is 16.2. The number of nitrogens with one attached hydrogen (secondary N) is 1. The minimum atomic E-state index is -0.398. The fourth-order valence-electron chi connectivity index (χ4n) is 2.66. The molecule has 2 heterocycles. The highest BCUT2D eigenvalue weighted by Gasteiger charge is 2.19. The summed E-state index contributed by atoms with van der Waals surface area (Å²) >= 11 is 1.16. The lowest BCUT2D eigenvalue weighted by atomic mass is 10.1. The number of nitrogens with zero attached hydrogens (tertiary/aromatic N) is 1. The zero-order chi connectivity index (χ0) is 18.1. The van der Waals surface area contributed by atoms with Gasteiger partial charge in [0.25, 0.3) is 5.91 Å². The first-order chi connectivity index (χ1) is 12.6. The fourth-order valence-corrected chi connectivity index (χ4v) is 3.53. The molecule has 0 saturated carbocycles. The van der Waals surface area contributed by atoms with Crippen molar-refractivity contribution in [2.75, 3.05) is 5.32 Å². The monoisotopic (exact) mass is 362 g/mol. The van der Waals surface area contributed by atoms with E-state index in [0.717, 1.165) is 22.3 Å². The van der Waals surface area contributed by atoms with Crippen molar-refractivity contribution in [3.05, 3.63) is 71.3 Å². The first-order valence-electron chi connectivity index (χ1n) is 7.99. The molecule has 1 amide bonds. The third-order valence-corrected chi connectivity index (χ3v) is 4.94. The van der Waals surface area contributed by atoms with Crippen molar-refractivity contribution < 1.29 is 14.0 Å². The summed E-state index contributed by atoms with van der Waals surface area (Å²) in [6, 6.07) is 18.5. The summed E-state index contributed by atoms with van der Waals surface area (Å²) < 4.78 is 5.57. The predicted octanol–water partition coefficient (Wildman–Crippen LogP) is 5.01. The standard InChI is InChI=1S/C20H14N2O3S/c1-12(23)18-17(13-7-3-2-4-8-13)21-20(26-18)22-19(24)16-11-14-9-5-6-10-15(14)25-16/h2-11H,1H3,(H,21,22,24). The highest BCUT2D eigenvalue weighted by Crippen LogP contribution is 2.32. The van der Waals surface area contributed by atoms with Gasteiger partial charge in [0, 0.05) is 17.9 Å². The summed E-state index contributed by atoms with van der Waals surface area (Å²) in [5.74, 6) is -0.290. The van der Waals surface area contributed by atoms with E-state index in [0.29, 0.717) is 21.3 Å². The average Bonchev–Trinajstić information content (AvgIpc) is 3.26. The Kier molecular flexibility index (Phi) is 4.10. The minimum Gasteiger partial charge on any atom is -0.451 e. The molecule has 0 bridgehead atoms. The SMILES string of the molecule is CC(=O)c1sc(NC(=O)c2cc3ccccc3o2)nc1-c1ccccc1. The van der Waals surface area contributed by atoms with E-state index in [-0.39, 0.29) is 11.5 Å². The molecule has 0 aliphatic heterocycles. The molecular weight excluding hydrogens is 348 g/mol. The quantitative estimate of drug-likeness (QED) is 0.518. The molecule has 0 aliphatic rings. The maximum Gasteiger partial charge on any atom is 0.293 e. The Hall–Kier alpha value is -3.25. The maximum absolute atomic E-state index is 12.5. The highest BCUT2D eigenvalue weighted by molar-refractivity contribution is 7.18. The Morgan fingerprint density at radius 3 is 2.50 bits per heavy atom. The molecule has 0 fully saturated rings. The van der Waals surface area contributed by atoms with E-state index in [4.69, 9.17) is 4.42 Å². The van der Waals surface area contributed by atoms with Crippen LogP contribution in [0.25, 0.3) is 22.2 Å². The molecule has 0 radical (unpaired) electrons. The summed E-state index contributed by atoms with van der Waals surface area (Å²) in [6.45, 7) is 1.49. The van der Waals surface area contributed by atoms with Gasteiger partial charge in [-0.15, -0.1) is 0 Å². The number of thiazole rings is 1. The van der Waals surface area contributed by atoms with E-state index in [1.54, 1.807) is 12.1 Å². The predicted molar refractivity (Wildman–Crippen MR) is 102 cm³/mol. The van der Waals surface area contributed by atoms with Crippen LogP contribution in [0.2, 0.25) is 0 Å². The van der Waals surface area contributed by atoms with E-state index in [9.17, 15) is 9.59 Å². The van der Waals surface area contributed by atoms with E-state index < -0.39 is 5.91 Å². The normalized spacial score (nSPS) is 10.8. The van der Waals surface area contributed by atoms with Crippen LogP contribution < -0.4 is 5.32 Å². The summed E-state index contributed by atoms with van der Waals surface area (Å²) in [5, 5.41) is 3.94. The third kappa shape index (κ3) is 3.02. The van der Waals surface area contributed by atoms with Crippen molar-refractivity contribution in [1.82, 2.24) is 4.98 Å². The van der Waals surface area contributed by atoms with Gasteiger partial charge in [-0.3, -0.25) is 14.9 Å². The van der Waals surface area contributed by atoms with Crippen molar-refractivity contribution in [2.24, 2.45) is 0 Å². The van der Waals surface area contributed by atoms with E-state index in [1.165, 1.54) is 6.92 Å². The van der Waals surface area contributed by atoms with Gasteiger partial charge >= 0.3 is 0 Å².